The Balaban J connectivity index is 1.86. The van der Waals surface area contributed by atoms with Crippen LogP contribution in [0.2, 0.25) is 10.0 Å². The Morgan fingerprint density at radius 1 is 1.13 bits per heavy atom. The molecule has 23 heavy (non-hydrogen) atoms. The van der Waals surface area contributed by atoms with Crippen LogP contribution in [0.4, 0.5) is 5.69 Å². The van der Waals surface area contributed by atoms with Crippen molar-refractivity contribution >= 4 is 40.9 Å². The first-order valence-electron chi connectivity index (χ1n) is 7.09. The predicted molar refractivity (Wildman–Crippen MR) is 94.1 cm³/mol. The molecule has 1 amide bonds. The molecule has 1 N–H and O–H groups in total. The van der Waals surface area contributed by atoms with E-state index >= 15 is 0 Å². The standard InChI is InChI=1S/C18H14Cl2NO2/c1-11-2-4-14(5-3-11)21-18(22)12-6-7-23-17-10-16(20)15(19)9-13(17)8-12/h2-5,8-10H,1,6-7H2,(H,21,22). The molecule has 3 nitrogen and oxygen atoms in total. The minimum atomic E-state index is -0.163. The minimum Gasteiger partial charge on any atom is -0.493 e. The van der Waals surface area contributed by atoms with E-state index < -0.39 is 0 Å². The number of carbonyl (C=O) groups is 1. The molecule has 0 bridgehead atoms. The molecule has 1 aliphatic rings. The van der Waals surface area contributed by atoms with Crippen molar-refractivity contribution in [3.8, 4) is 5.75 Å². The monoisotopic (exact) mass is 346 g/mol. The molecule has 0 unspecified atom stereocenters. The van der Waals surface area contributed by atoms with Gasteiger partial charge in [0.2, 0.25) is 0 Å². The van der Waals surface area contributed by atoms with Gasteiger partial charge in [0.25, 0.3) is 5.91 Å². The molecule has 117 valence electrons. The van der Waals surface area contributed by atoms with E-state index in [0.29, 0.717) is 34.4 Å². The fraction of sp³-hybridized carbons (Fsp3) is 0.111. The average Bonchev–Trinajstić information content (AvgIpc) is 2.72. The van der Waals surface area contributed by atoms with Crippen LogP contribution < -0.4 is 10.1 Å². The number of halogens is 2. The van der Waals surface area contributed by atoms with Gasteiger partial charge in [-0.25, -0.2) is 0 Å². The molecule has 0 atom stereocenters. The number of nitrogens with one attached hydrogen (secondary N) is 1. The minimum absolute atomic E-state index is 0.163. The maximum absolute atomic E-state index is 12.5. The Morgan fingerprint density at radius 3 is 2.57 bits per heavy atom. The molecule has 1 radical (unpaired) electrons. The van der Waals surface area contributed by atoms with Crippen LogP contribution in [-0.2, 0) is 4.79 Å². The summed E-state index contributed by atoms with van der Waals surface area (Å²) in [6, 6.07) is 10.7. The lowest BCUT2D eigenvalue weighted by Crippen LogP contribution is -2.15. The highest BCUT2D eigenvalue weighted by molar-refractivity contribution is 6.42. The number of hydrogen-bond acceptors (Lipinski definition) is 2. The van der Waals surface area contributed by atoms with Gasteiger partial charge in [0.1, 0.15) is 5.75 Å². The van der Waals surface area contributed by atoms with Gasteiger partial charge in [-0.3, -0.25) is 4.79 Å². The topological polar surface area (TPSA) is 38.3 Å². The smallest absolute Gasteiger partial charge is 0.251 e. The van der Waals surface area contributed by atoms with E-state index in [4.69, 9.17) is 27.9 Å². The van der Waals surface area contributed by atoms with E-state index in [9.17, 15) is 4.79 Å². The van der Waals surface area contributed by atoms with Crippen LogP contribution in [0.25, 0.3) is 6.08 Å². The Hall–Kier alpha value is -1.97. The van der Waals surface area contributed by atoms with Gasteiger partial charge in [-0.2, -0.15) is 0 Å². The van der Waals surface area contributed by atoms with Crippen molar-refractivity contribution in [2.45, 2.75) is 6.42 Å². The van der Waals surface area contributed by atoms with Crippen LogP contribution in [0.3, 0.4) is 0 Å². The second kappa shape index (κ2) is 6.65. The molecule has 0 spiro atoms. The van der Waals surface area contributed by atoms with Crippen molar-refractivity contribution in [2.24, 2.45) is 0 Å². The Bertz CT molecular complexity index is 782. The van der Waals surface area contributed by atoms with Crippen LogP contribution in [0.1, 0.15) is 17.5 Å². The molecule has 0 saturated carbocycles. The third kappa shape index (κ3) is 3.69. The molecule has 1 heterocycles. The van der Waals surface area contributed by atoms with Crippen molar-refractivity contribution < 1.29 is 9.53 Å². The second-order valence-electron chi connectivity index (χ2n) is 5.22. The van der Waals surface area contributed by atoms with E-state index in [2.05, 4.69) is 12.2 Å². The summed E-state index contributed by atoms with van der Waals surface area (Å²) in [4.78, 5) is 12.5. The van der Waals surface area contributed by atoms with E-state index in [1.54, 1.807) is 18.2 Å². The highest BCUT2D eigenvalue weighted by Crippen LogP contribution is 2.34. The van der Waals surface area contributed by atoms with Crippen LogP contribution in [0.15, 0.2) is 42.0 Å². The fourth-order valence-corrected chi connectivity index (χ4v) is 2.62. The molecule has 0 aliphatic carbocycles. The zero-order valence-electron chi connectivity index (χ0n) is 12.2. The summed E-state index contributed by atoms with van der Waals surface area (Å²) in [5.74, 6) is 0.466. The molecule has 0 saturated heterocycles. The zero-order valence-corrected chi connectivity index (χ0v) is 13.7. The largest absolute Gasteiger partial charge is 0.493 e. The quantitative estimate of drug-likeness (QED) is 0.832. The molecule has 0 fully saturated rings. The van der Waals surface area contributed by atoms with Crippen molar-refractivity contribution in [2.75, 3.05) is 11.9 Å². The summed E-state index contributed by atoms with van der Waals surface area (Å²) >= 11 is 12.0. The van der Waals surface area contributed by atoms with Gasteiger partial charge in [-0.1, -0.05) is 35.3 Å². The van der Waals surface area contributed by atoms with Crippen LogP contribution in [-0.4, -0.2) is 12.5 Å². The molecule has 1 aliphatic heterocycles. The Labute approximate surface area is 144 Å². The van der Waals surface area contributed by atoms with Gasteiger partial charge in [0, 0.05) is 29.3 Å². The maximum Gasteiger partial charge on any atom is 0.251 e. The Kier molecular flexibility index (Phi) is 4.60. The average molecular weight is 347 g/mol. The molecule has 2 aromatic carbocycles. The SMILES string of the molecule is [CH2]c1ccc(NC(=O)C2=Cc3cc(Cl)c(Cl)cc3OCC2)cc1. The van der Waals surface area contributed by atoms with Crippen LogP contribution in [0, 0.1) is 6.92 Å². The molecular weight excluding hydrogens is 333 g/mol. The van der Waals surface area contributed by atoms with Crippen LogP contribution >= 0.6 is 23.2 Å². The van der Waals surface area contributed by atoms with Gasteiger partial charge >= 0.3 is 0 Å². The van der Waals surface area contributed by atoms with E-state index in [1.807, 2.05) is 24.3 Å². The summed E-state index contributed by atoms with van der Waals surface area (Å²) in [7, 11) is 0. The van der Waals surface area contributed by atoms with Crippen LogP contribution in [0.5, 0.6) is 5.75 Å². The van der Waals surface area contributed by atoms with Crippen molar-refractivity contribution in [3.05, 3.63) is 70.1 Å². The molecule has 5 heteroatoms. The number of amides is 1. The lowest BCUT2D eigenvalue weighted by atomic mass is 10.1. The van der Waals surface area contributed by atoms with E-state index in [0.717, 1.165) is 16.8 Å². The lowest BCUT2D eigenvalue weighted by Gasteiger charge is -2.07. The van der Waals surface area contributed by atoms with Gasteiger partial charge in [0.05, 0.1) is 16.7 Å². The van der Waals surface area contributed by atoms with Crippen molar-refractivity contribution in [3.63, 3.8) is 0 Å². The first-order valence-corrected chi connectivity index (χ1v) is 7.84. The first kappa shape index (κ1) is 15.9. The summed E-state index contributed by atoms with van der Waals surface area (Å²) in [5.41, 5.74) is 2.99. The van der Waals surface area contributed by atoms with Gasteiger partial charge in [-0.05, 0) is 36.8 Å². The second-order valence-corrected chi connectivity index (χ2v) is 6.04. The number of rotatable bonds is 2. The van der Waals surface area contributed by atoms with Gasteiger partial charge in [0.15, 0.2) is 0 Å². The van der Waals surface area contributed by atoms with Gasteiger partial charge < -0.3 is 10.1 Å². The van der Waals surface area contributed by atoms with Crippen molar-refractivity contribution in [1.82, 2.24) is 0 Å². The van der Waals surface area contributed by atoms with Crippen molar-refractivity contribution in [1.29, 1.82) is 0 Å². The van der Waals surface area contributed by atoms with E-state index in [1.165, 1.54) is 0 Å². The number of ether oxygens (including phenoxy) is 1. The molecule has 2 aromatic rings. The van der Waals surface area contributed by atoms with E-state index in [-0.39, 0.29) is 5.91 Å². The highest BCUT2D eigenvalue weighted by Gasteiger charge is 2.17. The highest BCUT2D eigenvalue weighted by atomic mass is 35.5. The normalized spacial score (nSPS) is 13.4. The first-order chi connectivity index (χ1) is 11.0. The number of carbonyl (C=O) groups excluding carboxylic acids is 1. The number of hydrogen-bond donors (Lipinski definition) is 1. The lowest BCUT2D eigenvalue weighted by molar-refractivity contribution is -0.113. The third-order valence-corrected chi connectivity index (χ3v) is 4.24. The maximum atomic E-state index is 12.5. The molecule has 0 aromatic heterocycles. The Morgan fingerprint density at radius 2 is 1.83 bits per heavy atom. The zero-order chi connectivity index (χ0) is 16.4. The summed E-state index contributed by atoms with van der Waals surface area (Å²) in [5, 5.41) is 3.73. The third-order valence-electron chi connectivity index (χ3n) is 3.51. The fourth-order valence-electron chi connectivity index (χ4n) is 2.29. The summed E-state index contributed by atoms with van der Waals surface area (Å²) in [6.07, 6.45) is 2.29. The summed E-state index contributed by atoms with van der Waals surface area (Å²) < 4.78 is 5.65. The number of fused-ring (bicyclic) bond motifs is 1. The predicted octanol–water partition coefficient (Wildman–Crippen LogP) is 4.98. The molecule has 3 rings (SSSR count). The molecular formula is C18H14Cl2NO2. The number of anilines is 1. The van der Waals surface area contributed by atoms with Gasteiger partial charge in [-0.15, -0.1) is 0 Å². The summed E-state index contributed by atoms with van der Waals surface area (Å²) in [6.45, 7) is 4.22. The number of benzene rings is 2.